The second-order valence-electron chi connectivity index (χ2n) is 4.64. The minimum absolute atomic E-state index is 0.0144. The van der Waals surface area contributed by atoms with Crippen LogP contribution >= 0.6 is 0 Å². The van der Waals surface area contributed by atoms with E-state index in [1.54, 1.807) is 10.5 Å². The van der Waals surface area contributed by atoms with Gasteiger partial charge in [0.25, 0.3) is 5.56 Å². The Morgan fingerprint density at radius 3 is 3.12 bits per heavy atom. The summed E-state index contributed by atoms with van der Waals surface area (Å²) in [4.78, 5) is 16.6. The van der Waals surface area contributed by atoms with Crippen molar-refractivity contribution >= 4 is 5.65 Å². The van der Waals surface area contributed by atoms with Gasteiger partial charge in [-0.3, -0.25) is 9.20 Å². The molecule has 1 atom stereocenters. The highest BCUT2D eigenvalue weighted by Crippen LogP contribution is 2.19. The van der Waals surface area contributed by atoms with Crippen LogP contribution in [-0.4, -0.2) is 22.5 Å². The maximum Gasteiger partial charge on any atom is 0.258 e. The summed E-state index contributed by atoms with van der Waals surface area (Å²) in [6, 6.07) is 5.56. The number of rotatable bonds is 1. The molecule has 0 aromatic carbocycles. The summed E-state index contributed by atoms with van der Waals surface area (Å²) in [5.41, 5.74) is 2.74. The molecule has 0 bridgehead atoms. The molecule has 4 nitrogen and oxygen atoms in total. The molecule has 0 radical (unpaired) electrons. The topological polar surface area (TPSA) is 46.4 Å². The van der Waals surface area contributed by atoms with Crippen LogP contribution in [0.3, 0.4) is 0 Å². The van der Waals surface area contributed by atoms with E-state index < -0.39 is 0 Å². The Morgan fingerprint density at radius 2 is 2.35 bits per heavy atom. The molecule has 3 heterocycles. The first-order valence-corrected chi connectivity index (χ1v) is 5.95. The number of aryl methyl sites for hydroxylation is 1. The number of hydrogen-bond acceptors (Lipinski definition) is 3. The molecule has 0 aliphatic carbocycles. The van der Waals surface area contributed by atoms with Gasteiger partial charge in [-0.1, -0.05) is 6.07 Å². The van der Waals surface area contributed by atoms with Crippen molar-refractivity contribution in [2.45, 2.75) is 19.3 Å². The van der Waals surface area contributed by atoms with Crippen molar-refractivity contribution in [3.63, 3.8) is 0 Å². The molecular weight excluding hydrogens is 214 g/mol. The van der Waals surface area contributed by atoms with E-state index in [0.29, 0.717) is 5.92 Å². The Labute approximate surface area is 99.3 Å². The highest BCUT2D eigenvalue weighted by atomic mass is 16.1. The number of hydrogen-bond donors (Lipinski definition) is 1. The molecule has 1 saturated heterocycles. The number of nitrogens with zero attached hydrogens (tertiary/aromatic N) is 2. The third kappa shape index (κ3) is 1.85. The van der Waals surface area contributed by atoms with E-state index in [-0.39, 0.29) is 5.56 Å². The molecule has 0 spiro atoms. The van der Waals surface area contributed by atoms with Crippen molar-refractivity contribution in [2.24, 2.45) is 0 Å². The van der Waals surface area contributed by atoms with Crippen LogP contribution in [-0.2, 0) is 0 Å². The van der Waals surface area contributed by atoms with Gasteiger partial charge in [-0.15, -0.1) is 0 Å². The van der Waals surface area contributed by atoms with E-state index >= 15 is 0 Å². The van der Waals surface area contributed by atoms with Crippen LogP contribution < -0.4 is 10.9 Å². The van der Waals surface area contributed by atoms with Gasteiger partial charge in [0, 0.05) is 24.7 Å². The highest BCUT2D eigenvalue weighted by molar-refractivity contribution is 5.40. The average molecular weight is 229 g/mol. The normalized spacial score (nSPS) is 19.9. The molecule has 1 N–H and O–H groups in total. The largest absolute Gasteiger partial charge is 0.316 e. The molecule has 1 unspecified atom stereocenters. The van der Waals surface area contributed by atoms with Gasteiger partial charge < -0.3 is 5.32 Å². The molecule has 1 fully saturated rings. The third-order valence-corrected chi connectivity index (χ3v) is 3.31. The van der Waals surface area contributed by atoms with Gasteiger partial charge >= 0.3 is 0 Å². The van der Waals surface area contributed by atoms with Crippen molar-refractivity contribution in [1.82, 2.24) is 14.7 Å². The van der Waals surface area contributed by atoms with E-state index in [1.165, 1.54) is 0 Å². The second kappa shape index (κ2) is 3.96. The van der Waals surface area contributed by atoms with Crippen LogP contribution in [0.5, 0.6) is 0 Å². The number of aromatic nitrogens is 2. The molecular formula is C13H15N3O. The molecule has 1 aliphatic heterocycles. The van der Waals surface area contributed by atoms with Gasteiger partial charge in [0.15, 0.2) is 0 Å². The predicted octanol–water partition coefficient (Wildman–Crippen LogP) is 1.08. The van der Waals surface area contributed by atoms with Crippen molar-refractivity contribution in [2.75, 3.05) is 13.1 Å². The van der Waals surface area contributed by atoms with Crippen LogP contribution in [0.2, 0.25) is 0 Å². The molecule has 17 heavy (non-hydrogen) atoms. The number of pyridine rings is 1. The molecule has 2 aromatic heterocycles. The first kappa shape index (κ1) is 10.5. The molecule has 4 heteroatoms. The Hall–Kier alpha value is -1.68. The summed E-state index contributed by atoms with van der Waals surface area (Å²) in [5.74, 6) is 0.383. The molecule has 88 valence electrons. The Bertz CT molecular complexity index is 612. The van der Waals surface area contributed by atoms with Gasteiger partial charge in [-0.2, -0.15) is 0 Å². The maximum absolute atomic E-state index is 12.0. The smallest absolute Gasteiger partial charge is 0.258 e. The van der Waals surface area contributed by atoms with E-state index in [1.807, 2.05) is 25.3 Å². The van der Waals surface area contributed by atoms with Crippen molar-refractivity contribution in [1.29, 1.82) is 0 Å². The lowest BCUT2D eigenvalue weighted by Gasteiger charge is -2.09. The summed E-state index contributed by atoms with van der Waals surface area (Å²) in [6.07, 6.45) is 2.90. The lowest BCUT2D eigenvalue weighted by molar-refractivity contribution is 0.730. The quantitative estimate of drug-likeness (QED) is 0.796. The molecule has 0 saturated carbocycles. The highest BCUT2D eigenvalue weighted by Gasteiger charge is 2.18. The van der Waals surface area contributed by atoms with Crippen molar-refractivity contribution in [3.8, 4) is 0 Å². The number of fused-ring (bicyclic) bond motifs is 1. The first-order chi connectivity index (χ1) is 8.24. The summed E-state index contributed by atoms with van der Waals surface area (Å²) in [5, 5.41) is 3.30. The predicted molar refractivity (Wildman–Crippen MR) is 66.4 cm³/mol. The monoisotopic (exact) mass is 229 g/mol. The SMILES string of the molecule is Cc1ccc2nc(C3CCNC3)cc(=O)n2c1. The number of nitrogens with one attached hydrogen (secondary N) is 1. The van der Waals surface area contributed by atoms with Gasteiger partial charge in [0.2, 0.25) is 0 Å². The lowest BCUT2D eigenvalue weighted by atomic mass is 10.0. The van der Waals surface area contributed by atoms with Crippen molar-refractivity contribution in [3.05, 3.63) is 46.0 Å². The molecule has 1 aliphatic rings. The lowest BCUT2D eigenvalue weighted by Crippen LogP contribution is -2.18. The minimum Gasteiger partial charge on any atom is -0.316 e. The summed E-state index contributed by atoms with van der Waals surface area (Å²) >= 11 is 0. The summed E-state index contributed by atoms with van der Waals surface area (Å²) in [7, 11) is 0. The standard InChI is InChI=1S/C13H15N3O/c1-9-2-3-12-15-11(10-4-5-14-7-10)6-13(17)16(12)8-9/h2-3,6,8,10,14H,4-5,7H2,1H3. The van der Waals surface area contributed by atoms with Gasteiger partial charge in [0.1, 0.15) is 5.65 Å². The zero-order chi connectivity index (χ0) is 11.8. The van der Waals surface area contributed by atoms with Crippen LogP contribution in [0.4, 0.5) is 0 Å². The first-order valence-electron chi connectivity index (χ1n) is 5.95. The minimum atomic E-state index is 0.0144. The van der Waals surface area contributed by atoms with Gasteiger partial charge in [-0.25, -0.2) is 4.98 Å². The Kier molecular flexibility index (Phi) is 2.44. The van der Waals surface area contributed by atoms with Gasteiger partial charge in [0.05, 0.1) is 5.69 Å². The second-order valence-corrected chi connectivity index (χ2v) is 4.64. The maximum atomic E-state index is 12.0. The summed E-state index contributed by atoms with van der Waals surface area (Å²) in [6.45, 7) is 3.91. The Morgan fingerprint density at radius 1 is 1.47 bits per heavy atom. The molecule has 3 rings (SSSR count). The van der Waals surface area contributed by atoms with E-state index in [0.717, 1.165) is 36.4 Å². The van der Waals surface area contributed by atoms with E-state index in [4.69, 9.17) is 0 Å². The molecule has 0 amide bonds. The molecule has 2 aromatic rings. The van der Waals surface area contributed by atoms with Crippen LogP contribution in [0.25, 0.3) is 5.65 Å². The third-order valence-electron chi connectivity index (χ3n) is 3.31. The zero-order valence-electron chi connectivity index (χ0n) is 9.81. The van der Waals surface area contributed by atoms with E-state index in [2.05, 4.69) is 10.3 Å². The average Bonchev–Trinajstić information content (AvgIpc) is 2.83. The van der Waals surface area contributed by atoms with Crippen LogP contribution in [0, 0.1) is 6.92 Å². The van der Waals surface area contributed by atoms with Crippen LogP contribution in [0.15, 0.2) is 29.2 Å². The Balaban J connectivity index is 2.17. The van der Waals surface area contributed by atoms with Gasteiger partial charge in [-0.05, 0) is 31.5 Å². The van der Waals surface area contributed by atoms with Crippen molar-refractivity contribution < 1.29 is 0 Å². The van der Waals surface area contributed by atoms with E-state index in [9.17, 15) is 4.79 Å². The fraction of sp³-hybridized carbons (Fsp3) is 0.385. The fourth-order valence-corrected chi connectivity index (χ4v) is 2.34. The summed E-state index contributed by atoms with van der Waals surface area (Å²) < 4.78 is 1.61. The van der Waals surface area contributed by atoms with Crippen LogP contribution in [0.1, 0.15) is 23.6 Å². The zero-order valence-corrected chi connectivity index (χ0v) is 9.81. The fourth-order valence-electron chi connectivity index (χ4n) is 2.34.